The van der Waals surface area contributed by atoms with Gasteiger partial charge in [0, 0.05) is 30.7 Å². The smallest absolute Gasteiger partial charge is 0.216 e. The number of aliphatic imine (C=N–C) groups is 1. The van der Waals surface area contributed by atoms with Crippen LogP contribution in [0.4, 0.5) is 0 Å². The maximum atomic E-state index is 5.30. The lowest BCUT2D eigenvalue weighted by Crippen LogP contribution is -2.38. The van der Waals surface area contributed by atoms with E-state index < -0.39 is 0 Å². The van der Waals surface area contributed by atoms with Crippen LogP contribution in [0, 0.1) is 6.92 Å². The Morgan fingerprint density at radius 2 is 2.10 bits per heavy atom. The minimum atomic E-state index is 0. The van der Waals surface area contributed by atoms with Crippen LogP contribution in [0.3, 0.4) is 0 Å². The average Bonchev–Trinajstić information content (AvgIpc) is 3.45. The second kappa shape index (κ2) is 9.59. The van der Waals surface area contributed by atoms with Crippen LogP contribution in [0.2, 0.25) is 0 Å². The number of nitrogens with zero attached hydrogens (tertiary/aromatic N) is 3. The number of guanidine groups is 1. The van der Waals surface area contributed by atoms with Crippen molar-refractivity contribution in [3.8, 4) is 11.6 Å². The molecule has 0 aliphatic carbocycles. The molecule has 4 aromatic rings. The van der Waals surface area contributed by atoms with Crippen molar-refractivity contribution in [3.05, 3.63) is 59.7 Å². The third-order valence-corrected chi connectivity index (χ3v) is 4.60. The van der Waals surface area contributed by atoms with E-state index in [1.165, 1.54) is 22.0 Å². The summed E-state index contributed by atoms with van der Waals surface area (Å²) in [5.74, 6) is 2.60. The molecule has 0 saturated heterocycles. The summed E-state index contributed by atoms with van der Waals surface area (Å²) >= 11 is 0. The van der Waals surface area contributed by atoms with Gasteiger partial charge in [0.2, 0.25) is 5.82 Å². The fourth-order valence-electron chi connectivity index (χ4n) is 3.24. The number of hydrogen-bond donors (Lipinski definition) is 4. The molecule has 1 aromatic carbocycles. The van der Waals surface area contributed by atoms with Gasteiger partial charge >= 0.3 is 0 Å². The topological polar surface area (TPSA) is 107 Å². The normalized spacial score (nSPS) is 11.4. The van der Waals surface area contributed by atoms with Gasteiger partial charge in [-0.1, -0.05) is 12.1 Å². The zero-order valence-corrected chi connectivity index (χ0v) is 18.7. The molecule has 0 spiro atoms. The van der Waals surface area contributed by atoms with Crippen molar-refractivity contribution in [3.63, 3.8) is 0 Å². The van der Waals surface area contributed by atoms with Gasteiger partial charge in [-0.25, -0.2) is 4.98 Å². The number of furan rings is 1. The van der Waals surface area contributed by atoms with E-state index in [-0.39, 0.29) is 24.0 Å². The first kappa shape index (κ1) is 20.9. The monoisotopic (exact) mass is 505 g/mol. The fraction of sp³-hybridized carbons (Fsp3) is 0.250. The highest BCUT2D eigenvalue weighted by Crippen LogP contribution is 2.22. The number of fused-ring (bicyclic) bond motifs is 1. The lowest BCUT2D eigenvalue weighted by Gasteiger charge is -2.10. The maximum Gasteiger partial charge on any atom is 0.216 e. The molecule has 152 valence electrons. The number of nitrogens with one attached hydrogen (secondary N) is 4. The van der Waals surface area contributed by atoms with E-state index in [1.54, 1.807) is 13.3 Å². The molecule has 0 atom stereocenters. The molecule has 4 rings (SSSR count). The second-order valence-electron chi connectivity index (χ2n) is 6.50. The van der Waals surface area contributed by atoms with Gasteiger partial charge in [-0.2, -0.15) is 0 Å². The fourth-order valence-corrected chi connectivity index (χ4v) is 3.24. The number of benzene rings is 1. The highest BCUT2D eigenvalue weighted by atomic mass is 127. The summed E-state index contributed by atoms with van der Waals surface area (Å²) in [6.07, 6.45) is 4.58. The van der Waals surface area contributed by atoms with Crippen LogP contribution in [0.1, 0.15) is 17.0 Å². The van der Waals surface area contributed by atoms with Crippen molar-refractivity contribution in [2.45, 2.75) is 19.9 Å². The van der Waals surface area contributed by atoms with Crippen LogP contribution in [0.5, 0.6) is 0 Å². The molecule has 0 aliphatic rings. The summed E-state index contributed by atoms with van der Waals surface area (Å²) in [5.41, 5.74) is 3.76. The zero-order chi connectivity index (χ0) is 19.3. The van der Waals surface area contributed by atoms with Gasteiger partial charge in [-0.05, 0) is 42.7 Å². The number of hydrogen-bond acceptors (Lipinski definition) is 4. The lowest BCUT2D eigenvalue weighted by molar-refractivity contribution is 0.577. The van der Waals surface area contributed by atoms with Crippen LogP contribution < -0.4 is 10.6 Å². The largest absolute Gasteiger partial charge is 0.461 e. The van der Waals surface area contributed by atoms with Crippen molar-refractivity contribution in [2.24, 2.45) is 4.99 Å². The van der Waals surface area contributed by atoms with Crippen LogP contribution in [0.25, 0.3) is 22.5 Å². The van der Waals surface area contributed by atoms with Gasteiger partial charge in [-0.15, -0.1) is 29.1 Å². The molecule has 3 aromatic heterocycles. The van der Waals surface area contributed by atoms with E-state index >= 15 is 0 Å². The Morgan fingerprint density at radius 3 is 2.90 bits per heavy atom. The Morgan fingerprint density at radius 1 is 1.21 bits per heavy atom. The molecule has 29 heavy (non-hydrogen) atoms. The van der Waals surface area contributed by atoms with Gasteiger partial charge < -0.3 is 20.0 Å². The number of H-pyrrole nitrogens is 2. The number of halogens is 1. The Balaban J connectivity index is 0.00000240. The van der Waals surface area contributed by atoms with Crippen molar-refractivity contribution >= 4 is 40.8 Å². The van der Waals surface area contributed by atoms with Gasteiger partial charge in [0.15, 0.2) is 11.7 Å². The highest BCUT2D eigenvalue weighted by molar-refractivity contribution is 14.0. The van der Waals surface area contributed by atoms with Crippen LogP contribution in [-0.4, -0.2) is 39.7 Å². The van der Waals surface area contributed by atoms with E-state index in [0.29, 0.717) is 29.9 Å². The molecular formula is C20H24IN7O. The summed E-state index contributed by atoms with van der Waals surface area (Å²) in [5, 5.41) is 15.0. The van der Waals surface area contributed by atoms with Crippen molar-refractivity contribution in [2.75, 3.05) is 13.6 Å². The van der Waals surface area contributed by atoms with Crippen LogP contribution in [0.15, 0.2) is 52.2 Å². The minimum Gasteiger partial charge on any atom is -0.461 e. The Bertz CT molecular complexity index is 1080. The third kappa shape index (κ3) is 4.78. The highest BCUT2D eigenvalue weighted by Gasteiger charge is 2.09. The first-order chi connectivity index (χ1) is 13.7. The molecule has 4 N–H and O–H groups in total. The van der Waals surface area contributed by atoms with Crippen molar-refractivity contribution in [1.82, 2.24) is 30.8 Å². The second-order valence-corrected chi connectivity index (χ2v) is 6.50. The lowest BCUT2D eigenvalue weighted by atomic mass is 10.1. The first-order valence-electron chi connectivity index (χ1n) is 9.20. The van der Waals surface area contributed by atoms with Crippen molar-refractivity contribution in [1.29, 1.82) is 0 Å². The summed E-state index contributed by atoms with van der Waals surface area (Å²) in [4.78, 5) is 12.0. The number of aromatic amines is 2. The number of aromatic nitrogens is 4. The number of aryl methyl sites for hydroxylation is 1. The standard InChI is InChI=1S/C20H23N7O.HI/c1-13-5-3-6-15-18(13)14(11-23-15)8-9-22-20(21-2)24-12-17-25-19(27-26-17)16-7-4-10-28-16;/h3-7,10-11,23H,8-9,12H2,1-2H3,(H2,21,22,24)(H,25,26,27);1H. The van der Waals surface area contributed by atoms with Gasteiger partial charge in [0.25, 0.3) is 0 Å². The quantitative estimate of drug-likeness (QED) is 0.183. The molecule has 0 saturated carbocycles. The predicted octanol–water partition coefficient (Wildman–Crippen LogP) is 3.38. The van der Waals surface area contributed by atoms with E-state index in [2.05, 4.69) is 67.1 Å². The summed E-state index contributed by atoms with van der Waals surface area (Å²) in [6.45, 7) is 3.40. The molecule has 0 bridgehead atoms. The predicted molar refractivity (Wildman–Crippen MR) is 124 cm³/mol. The SMILES string of the molecule is CN=C(NCCc1c[nH]c2cccc(C)c12)NCc1nc(-c2ccco2)n[nH]1.I. The molecule has 9 heteroatoms. The first-order valence-corrected chi connectivity index (χ1v) is 9.20. The molecule has 0 radical (unpaired) electrons. The van der Waals surface area contributed by atoms with E-state index in [4.69, 9.17) is 4.42 Å². The molecule has 0 fully saturated rings. The van der Waals surface area contributed by atoms with Crippen molar-refractivity contribution < 1.29 is 4.42 Å². The molecule has 0 unspecified atom stereocenters. The van der Waals surface area contributed by atoms with E-state index in [9.17, 15) is 0 Å². The minimum absolute atomic E-state index is 0. The van der Waals surface area contributed by atoms with Crippen LogP contribution in [-0.2, 0) is 13.0 Å². The summed E-state index contributed by atoms with van der Waals surface area (Å²) in [6, 6.07) is 9.96. The Hall–Kier alpha value is -2.82. The Labute approximate surface area is 185 Å². The maximum absolute atomic E-state index is 5.30. The van der Waals surface area contributed by atoms with E-state index in [0.717, 1.165) is 13.0 Å². The molecule has 0 amide bonds. The van der Waals surface area contributed by atoms with Gasteiger partial charge in [-0.3, -0.25) is 10.1 Å². The van der Waals surface area contributed by atoms with Gasteiger partial charge in [0.05, 0.1) is 12.8 Å². The molecular weight excluding hydrogens is 481 g/mol. The molecule has 8 nitrogen and oxygen atoms in total. The van der Waals surface area contributed by atoms with E-state index in [1.807, 2.05) is 12.1 Å². The number of rotatable bonds is 6. The summed E-state index contributed by atoms with van der Waals surface area (Å²) < 4.78 is 5.30. The average molecular weight is 505 g/mol. The summed E-state index contributed by atoms with van der Waals surface area (Å²) in [7, 11) is 1.75. The Kier molecular flexibility index (Phi) is 6.91. The zero-order valence-electron chi connectivity index (χ0n) is 16.3. The molecule has 0 aliphatic heterocycles. The van der Waals surface area contributed by atoms with Gasteiger partial charge in [0.1, 0.15) is 5.82 Å². The van der Waals surface area contributed by atoms with Crippen LogP contribution >= 0.6 is 24.0 Å². The molecule has 3 heterocycles. The third-order valence-electron chi connectivity index (χ3n) is 4.60.